The average molecular weight is 419 g/mol. The third kappa shape index (κ3) is 6.84. The van der Waals surface area contributed by atoms with Crippen LogP contribution in [-0.4, -0.2) is 88.7 Å². The zero-order chi connectivity index (χ0) is 21.4. The molecule has 1 fully saturated rings. The molecule has 0 bridgehead atoms. The molecule has 1 aromatic rings. The van der Waals surface area contributed by atoms with Gasteiger partial charge in [-0.1, -0.05) is 0 Å². The number of guanidine groups is 1. The van der Waals surface area contributed by atoms with Crippen molar-refractivity contribution in [3.63, 3.8) is 0 Å². The van der Waals surface area contributed by atoms with Gasteiger partial charge in [-0.15, -0.1) is 10.2 Å². The van der Waals surface area contributed by atoms with Crippen LogP contribution in [0.2, 0.25) is 0 Å². The maximum absolute atomic E-state index is 13.0. The lowest BCUT2D eigenvalue weighted by Gasteiger charge is -2.39. The van der Waals surface area contributed by atoms with Crippen molar-refractivity contribution in [1.29, 1.82) is 0 Å². The summed E-state index contributed by atoms with van der Waals surface area (Å²) in [4.78, 5) is 8.13. The number of ether oxygens (including phenoxy) is 1. The Labute approximate surface area is 170 Å². The number of halogens is 3. The summed E-state index contributed by atoms with van der Waals surface area (Å²) in [7, 11) is 1.88. The average Bonchev–Trinajstić information content (AvgIpc) is 3.01. The lowest BCUT2D eigenvalue weighted by atomic mass is 10.2. The minimum absolute atomic E-state index is 0.337. The van der Waals surface area contributed by atoms with Gasteiger partial charge in [-0.05, 0) is 27.2 Å². The summed E-state index contributed by atoms with van der Waals surface area (Å²) < 4.78 is 46.2. The molecule has 0 amide bonds. The molecule has 1 unspecified atom stereocenters. The minimum Gasteiger partial charge on any atom is -0.382 e. The molecule has 2 heterocycles. The van der Waals surface area contributed by atoms with Crippen molar-refractivity contribution in [2.24, 2.45) is 12.0 Å². The minimum atomic E-state index is -4.21. The monoisotopic (exact) mass is 419 g/mol. The van der Waals surface area contributed by atoms with Crippen LogP contribution in [0.5, 0.6) is 0 Å². The van der Waals surface area contributed by atoms with Gasteiger partial charge in [0.25, 0.3) is 0 Å². The number of aryl methyl sites for hydroxylation is 1. The van der Waals surface area contributed by atoms with Crippen LogP contribution in [0.25, 0.3) is 0 Å². The summed E-state index contributed by atoms with van der Waals surface area (Å²) in [6.07, 6.45) is -3.39. The molecule has 2 rings (SSSR count). The van der Waals surface area contributed by atoms with Crippen LogP contribution in [0, 0.1) is 6.92 Å². The smallest absolute Gasteiger partial charge is 0.382 e. The van der Waals surface area contributed by atoms with E-state index in [0.29, 0.717) is 58.4 Å². The summed E-state index contributed by atoms with van der Waals surface area (Å²) >= 11 is 0. The van der Waals surface area contributed by atoms with Gasteiger partial charge in [-0.2, -0.15) is 13.2 Å². The first-order chi connectivity index (χ1) is 13.7. The summed E-state index contributed by atoms with van der Waals surface area (Å²) in [5.41, 5.74) is 0. The molecule has 1 aliphatic heterocycles. The van der Waals surface area contributed by atoms with Crippen LogP contribution in [-0.2, 0) is 18.3 Å². The second kappa shape index (κ2) is 10.8. The molecule has 1 aromatic heterocycles. The summed E-state index contributed by atoms with van der Waals surface area (Å²) in [6, 6.07) is -1.44. The van der Waals surface area contributed by atoms with Crippen LogP contribution in [0.3, 0.4) is 0 Å². The first kappa shape index (κ1) is 23.4. The van der Waals surface area contributed by atoms with Crippen molar-refractivity contribution < 1.29 is 17.9 Å². The Morgan fingerprint density at radius 2 is 1.93 bits per heavy atom. The second-order valence-electron chi connectivity index (χ2n) is 7.08. The molecule has 0 aromatic carbocycles. The molecule has 1 saturated heterocycles. The molecule has 8 nitrogen and oxygen atoms in total. The van der Waals surface area contributed by atoms with Crippen LogP contribution < -0.4 is 5.32 Å². The highest BCUT2D eigenvalue weighted by Gasteiger charge is 2.41. The molecule has 1 aliphatic rings. The number of rotatable bonds is 8. The Bertz CT molecular complexity index is 654. The highest BCUT2D eigenvalue weighted by Crippen LogP contribution is 2.25. The highest BCUT2D eigenvalue weighted by molar-refractivity contribution is 5.80. The molecule has 0 radical (unpaired) electrons. The van der Waals surface area contributed by atoms with Crippen LogP contribution in [0.4, 0.5) is 13.2 Å². The van der Waals surface area contributed by atoms with Crippen LogP contribution >= 0.6 is 0 Å². The van der Waals surface area contributed by atoms with E-state index in [9.17, 15) is 13.2 Å². The zero-order valence-corrected chi connectivity index (χ0v) is 17.7. The number of alkyl halides is 3. The molecule has 0 aliphatic carbocycles. The maximum Gasteiger partial charge on any atom is 0.403 e. The molecule has 11 heteroatoms. The summed E-state index contributed by atoms with van der Waals surface area (Å²) in [5, 5.41) is 11.5. The standard InChI is InChI=1S/C18H32F3N7O/c1-5-29-12-6-7-22-17(23-13-16-25-24-15(3)26(16)4)28-10-8-27(9-11-28)14(2)18(19,20)21/h14H,5-13H2,1-4H3,(H,22,23). The topological polar surface area (TPSA) is 70.8 Å². The van der Waals surface area contributed by atoms with Crippen molar-refractivity contribution >= 4 is 5.96 Å². The van der Waals surface area contributed by atoms with Gasteiger partial charge in [-0.3, -0.25) is 4.90 Å². The predicted octanol–water partition coefficient (Wildman–Crippen LogP) is 1.56. The van der Waals surface area contributed by atoms with Crippen LogP contribution in [0.15, 0.2) is 4.99 Å². The van der Waals surface area contributed by atoms with E-state index in [1.807, 2.05) is 30.4 Å². The first-order valence-electron chi connectivity index (χ1n) is 10.0. The molecular weight excluding hydrogens is 387 g/mol. The second-order valence-corrected chi connectivity index (χ2v) is 7.08. The van der Waals surface area contributed by atoms with Gasteiger partial charge in [0, 0.05) is 53.0 Å². The molecule has 0 spiro atoms. The van der Waals surface area contributed by atoms with Gasteiger partial charge >= 0.3 is 6.18 Å². The van der Waals surface area contributed by atoms with Gasteiger partial charge < -0.3 is 19.5 Å². The Kier molecular flexibility index (Phi) is 8.69. The van der Waals surface area contributed by atoms with E-state index in [1.54, 1.807) is 0 Å². The summed E-state index contributed by atoms with van der Waals surface area (Å²) in [6.45, 7) is 9.02. The molecule has 0 saturated carbocycles. The van der Waals surface area contributed by atoms with Crippen LogP contribution in [0.1, 0.15) is 31.9 Å². The van der Waals surface area contributed by atoms with Gasteiger partial charge in [0.05, 0.1) is 0 Å². The number of nitrogens with zero attached hydrogens (tertiary/aromatic N) is 6. The fraction of sp³-hybridized carbons (Fsp3) is 0.833. The summed E-state index contributed by atoms with van der Waals surface area (Å²) in [5.74, 6) is 2.22. The number of piperazine rings is 1. The van der Waals surface area contributed by atoms with E-state index in [1.165, 1.54) is 11.8 Å². The van der Waals surface area contributed by atoms with E-state index in [-0.39, 0.29) is 0 Å². The fourth-order valence-corrected chi connectivity index (χ4v) is 3.05. The number of aliphatic imine (C=N–C) groups is 1. The Morgan fingerprint density at radius 3 is 2.48 bits per heavy atom. The predicted molar refractivity (Wildman–Crippen MR) is 105 cm³/mol. The van der Waals surface area contributed by atoms with Crippen molar-refractivity contribution in [1.82, 2.24) is 29.9 Å². The highest BCUT2D eigenvalue weighted by atomic mass is 19.4. The number of hydrogen-bond acceptors (Lipinski definition) is 5. The third-order valence-corrected chi connectivity index (χ3v) is 5.14. The lowest BCUT2D eigenvalue weighted by Crippen LogP contribution is -2.56. The number of nitrogens with one attached hydrogen (secondary N) is 1. The molecule has 166 valence electrons. The van der Waals surface area contributed by atoms with Gasteiger partial charge in [0.15, 0.2) is 11.8 Å². The third-order valence-electron chi connectivity index (χ3n) is 5.14. The van der Waals surface area contributed by atoms with Gasteiger partial charge in [0.2, 0.25) is 0 Å². The van der Waals surface area contributed by atoms with Crippen molar-refractivity contribution in [2.75, 3.05) is 45.9 Å². The van der Waals surface area contributed by atoms with Crippen molar-refractivity contribution in [3.05, 3.63) is 11.6 Å². The molecule has 29 heavy (non-hydrogen) atoms. The van der Waals surface area contributed by atoms with E-state index in [4.69, 9.17) is 4.74 Å². The Morgan fingerprint density at radius 1 is 1.24 bits per heavy atom. The van der Waals surface area contributed by atoms with E-state index in [0.717, 1.165) is 18.1 Å². The quantitative estimate of drug-likeness (QED) is 0.392. The van der Waals surface area contributed by atoms with E-state index >= 15 is 0 Å². The van der Waals surface area contributed by atoms with Crippen molar-refractivity contribution in [2.45, 2.75) is 46.0 Å². The van der Waals surface area contributed by atoms with Crippen molar-refractivity contribution in [3.8, 4) is 0 Å². The Hall–Kier alpha value is -1.88. The molecule has 1 atom stereocenters. The lowest BCUT2D eigenvalue weighted by molar-refractivity contribution is -0.181. The number of hydrogen-bond donors (Lipinski definition) is 1. The van der Waals surface area contributed by atoms with E-state index < -0.39 is 12.2 Å². The molecular formula is C18H32F3N7O. The first-order valence-corrected chi connectivity index (χ1v) is 10.0. The normalized spacial score (nSPS) is 17.6. The fourth-order valence-electron chi connectivity index (χ4n) is 3.05. The SMILES string of the molecule is CCOCCCNC(=NCc1nnc(C)n1C)N1CCN(C(C)C(F)(F)F)CC1. The maximum atomic E-state index is 13.0. The van der Waals surface area contributed by atoms with Gasteiger partial charge in [-0.25, -0.2) is 4.99 Å². The largest absolute Gasteiger partial charge is 0.403 e. The molecule has 1 N–H and O–H groups in total. The zero-order valence-electron chi connectivity index (χ0n) is 17.7. The number of aromatic nitrogens is 3. The van der Waals surface area contributed by atoms with E-state index in [2.05, 4.69) is 20.5 Å². The Balaban J connectivity index is 1.99. The van der Waals surface area contributed by atoms with Gasteiger partial charge in [0.1, 0.15) is 18.4 Å².